The van der Waals surface area contributed by atoms with Crippen LogP contribution in [0.1, 0.15) is 15.9 Å². The van der Waals surface area contributed by atoms with Crippen LogP contribution < -0.4 is 11.1 Å². The smallest absolute Gasteiger partial charge is 0.256 e. The fourth-order valence-corrected chi connectivity index (χ4v) is 3.30. The van der Waals surface area contributed by atoms with E-state index in [-0.39, 0.29) is 5.56 Å². The molecule has 0 spiro atoms. The summed E-state index contributed by atoms with van der Waals surface area (Å²) in [4.78, 5) is 20.6. The Bertz CT molecular complexity index is 928. The summed E-state index contributed by atoms with van der Waals surface area (Å²) in [6.45, 7) is 0.369. The molecule has 0 unspecified atom stereocenters. The molecule has 0 aliphatic rings. The van der Waals surface area contributed by atoms with Gasteiger partial charge in [-0.1, -0.05) is 41.0 Å². The van der Waals surface area contributed by atoms with Crippen molar-refractivity contribution in [3.8, 4) is 0 Å². The molecule has 3 rings (SSSR count). The van der Waals surface area contributed by atoms with Gasteiger partial charge in [-0.2, -0.15) is 0 Å². The fraction of sp³-hybridized carbons (Fsp3) is 0.133. The maximum atomic E-state index is 11.9. The maximum Gasteiger partial charge on any atom is 0.256 e. The van der Waals surface area contributed by atoms with Gasteiger partial charge in [-0.15, -0.1) is 0 Å². The molecule has 0 fully saturated rings. The third kappa shape index (κ3) is 3.15. The Labute approximate surface area is 152 Å². The monoisotopic (exact) mass is 381 g/mol. The van der Waals surface area contributed by atoms with Crippen LogP contribution in [0.4, 0.5) is 5.82 Å². The topological polar surface area (TPSA) is 85.3 Å². The molecule has 6 nitrogen and oxygen atoms in total. The van der Waals surface area contributed by atoms with E-state index in [0.717, 1.165) is 5.56 Å². The lowest BCUT2D eigenvalue weighted by atomic mass is 10.2. The molecule has 0 saturated carbocycles. The van der Waals surface area contributed by atoms with E-state index in [1.54, 1.807) is 28.9 Å². The van der Waals surface area contributed by atoms with E-state index in [2.05, 4.69) is 15.3 Å². The Morgan fingerprint density at radius 1 is 1.42 bits per heavy atom. The van der Waals surface area contributed by atoms with Crippen LogP contribution in [0.5, 0.6) is 0 Å². The molecule has 3 aromatic rings. The molecular formula is C15H13Cl2N5OS. The first kappa shape index (κ1) is 16.9. The summed E-state index contributed by atoms with van der Waals surface area (Å²) in [6, 6.07) is 5.22. The highest BCUT2D eigenvalue weighted by atomic mass is 35.5. The molecular weight excluding hydrogens is 369 g/mol. The molecule has 124 valence electrons. The van der Waals surface area contributed by atoms with Crippen LogP contribution in [0.25, 0.3) is 5.65 Å². The van der Waals surface area contributed by atoms with E-state index >= 15 is 0 Å². The summed E-state index contributed by atoms with van der Waals surface area (Å²) in [7, 11) is 0. The Kier molecular flexibility index (Phi) is 4.84. The summed E-state index contributed by atoms with van der Waals surface area (Å²) >= 11 is 13.5. The summed E-state index contributed by atoms with van der Waals surface area (Å²) in [6.07, 6.45) is 5.23. The molecule has 0 atom stereocenters. The number of fused-ring (bicyclic) bond motifs is 1. The summed E-state index contributed by atoms with van der Waals surface area (Å²) in [5.41, 5.74) is 7.06. The van der Waals surface area contributed by atoms with E-state index in [9.17, 15) is 4.79 Å². The van der Waals surface area contributed by atoms with Crippen LogP contribution in [0, 0.1) is 0 Å². The van der Waals surface area contributed by atoms with Gasteiger partial charge in [0.25, 0.3) is 5.91 Å². The number of nitrogens with one attached hydrogen (secondary N) is 1. The van der Waals surface area contributed by atoms with Crippen molar-refractivity contribution in [1.29, 1.82) is 0 Å². The largest absolute Gasteiger partial charge is 0.365 e. The first-order valence-electron chi connectivity index (χ1n) is 6.90. The number of rotatable bonds is 5. The van der Waals surface area contributed by atoms with E-state index in [4.69, 9.17) is 28.9 Å². The number of imidazole rings is 1. The number of anilines is 1. The van der Waals surface area contributed by atoms with E-state index in [0.29, 0.717) is 33.2 Å². The number of carbonyl (C=O) groups is 1. The van der Waals surface area contributed by atoms with Crippen LogP contribution >= 0.6 is 35.0 Å². The van der Waals surface area contributed by atoms with Crippen molar-refractivity contribution < 1.29 is 4.79 Å². The fourth-order valence-electron chi connectivity index (χ4n) is 2.30. The quantitative estimate of drug-likeness (QED) is 0.521. The summed E-state index contributed by atoms with van der Waals surface area (Å²) < 4.78 is 1.73. The van der Waals surface area contributed by atoms with Gasteiger partial charge in [-0.25, -0.2) is 9.97 Å². The average Bonchev–Trinajstić information content (AvgIpc) is 3.01. The number of halogens is 2. The van der Waals surface area contributed by atoms with Crippen LogP contribution in [-0.4, -0.2) is 26.5 Å². The van der Waals surface area contributed by atoms with Gasteiger partial charge >= 0.3 is 0 Å². The molecule has 2 aromatic heterocycles. The van der Waals surface area contributed by atoms with E-state index in [1.807, 2.05) is 12.3 Å². The van der Waals surface area contributed by atoms with Gasteiger partial charge < -0.3 is 11.1 Å². The Morgan fingerprint density at radius 3 is 2.88 bits per heavy atom. The highest BCUT2D eigenvalue weighted by molar-refractivity contribution is 7.98. The Balaban J connectivity index is 2.01. The zero-order valence-corrected chi connectivity index (χ0v) is 14.9. The van der Waals surface area contributed by atoms with Gasteiger partial charge in [0, 0.05) is 29.0 Å². The van der Waals surface area contributed by atoms with Gasteiger partial charge in [0.1, 0.15) is 11.4 Å². The predicted molar refractivity (Wildman–Crippen MR) is 97.1 cm³/mol. The van der Waals surface area contributed by atoms with Crippen molar-refractivity contribution in [3.05, 3.63) is 51.8 Å². The van der Waals surface area contributed by atoms with Gasteiger partial charge in [0.2, 0.25) is 0 Å². The summed E-state index contributed by atoms with van der Waals surface area (Å²) in [5.74, 6) is -0.229. The van der Waals surface area contributed by atoms with E-state index < -0.39 is 5.91 Å². The van der Waals surface area contributed by atoms with Crippen LogP contribution in [0.3, 0.4) is 0 Å². The predicted octanol–water partition coefficient (Wildman–Crippen LogP) is 3.47. The standard InChI is InChI=1S/C15H13Cl2N5OS/c1-24-15-21-13(11(12(18)23)14-19-4-5-22(14)15)20-7-8-2-3-9(16)6-10(8)17/h2-6,20H,7H2,1H3,(H2,18,23). The normalized spacial score (nSPS) is 11.0. The highest BCUT2D eigenvalue weighted by Gasteiger charge is 2.19. The second-order valence-electron chi connectivity index (χ2n) is 4.90. The maximum absolute atomic E-state index is 11.9. The minimum atomic E-state index is -0.601. The average molecular weight is 382 g/mol. The number of benzene rings is 1. The minimum absolute atomic E-state index is 0.239. The van der Waals surface area contributed by atoms with Crippen LogP contribution in [-0.2, 0) is 6.54 Å². The van der Waals surface area contributed by atoms with Gasteiger partial charge in [-0.3, -0.25) is 9.20 Å². The summed E-state index contributed by atoms with van der Waals surface area (Å²) in [5, 5.41) is 4.90. The van der Waals surface area contributed by atoms with Crippen molar-refractivity contribution in [3.63, 3.8) is 0 Å². The zero-order valence-electron chi connectivity index (χ0n) is 12.6. The highest BCUT2D eigenvalue weighted by Crippen LogP contribution is 2.26. The molecule has 9 heteroatoms. The van der Waals surface area contributed by atoms with Crippen molar-refractivity contribution in [1.82, 2.24) is 14.4 Å². The molecule has 0 aliphatic carbocycles. The van der Waals surface area contributed by atoms with Crippen molar-refractivity contribution >= 4 is 52.3 Å². The van der Waals surface area contributed by atoms with Crippen molar-refractivity contribution in [2.45, 2.75) is 11.7 Å². The number of hydrogen-bond acceptors (Lipinski definition) is 5. The van der Waals surface area contributed by atoms with Crippen molar-refractivity contribution in [2.75, 3.05) is 11.6 Å². The molecule has 0 radical (unpaired) electrons. The second-order valence-corrected chi connectivity index (χ2v) is 6.51. The lowest BCUT2D eigenvalue weighted by molar-refractivity contribution is 0.100. The third-order valence-corrected chi connectivity index (χ3v) is 4.65. The minimum Gasteiger partial charge on any atom is -0.365 e. The number of nitrogens with two attached hydrogens (primary N) is 1. The lowest BCUT2D eigenvalue weighted by Crippen LogP contribution is -2.18. The number of primary amides is 1. The number of aromatic nitrogens is 3. The van der Waals surface area contributed by atoms with Gasteiger partial charge in [0.05, 0.1) is 0 Å². The lowest BCUT2D eigenvalue weighted by Gasteiger charge is -2.13. The molecule has 1 amide bonds. The molecule has 24 heavy (non-hydrogen) atoms. The van der Waals surface area contributed by atoms with E-state index in [1.165, 1.54) is 11.8 Å². The number of nitrogens with zero attached hydrogens (tertiary/aromatic N) is 3. The molecule has 2 heterocycles. The molecule has 3 N–H and O–H groups in total. The second kappa shape index (κ2) is 6.88. The zero-order chi connectivity index (χ0) is 17.3. The third-order valence-electron chi connectivity index (χ3n) is 3.41. The number of thioether (sulfide) groups is 1. The molecule has 0 bridgehead atoms. The van der Waals surface area contributed by atoms with Gasteiger partial charge in [0.15, 0.2) is 10.8 Å². The van der Waals surface area contributed by atoms with Crippen LogP contribution in [0.15, 0.2) is 35.7 Å². The van der Waals surface area contributed by atoms with Gasteiger partial charge in [-0.05, 0) is 24.0 Å². The number of amides is 1. The Morgan fingerprint density at radius 2 is 2.21 bits per heavy atom. The Hall–Kier alpha value is -1.96. The molecule has 1 aromatic carbocycles. The van der Waals surface area contributed by atoms with Crippen molar-refractivity contribution in [2.24, 2.45) is 5.73 Å². The van der Waals surface area contributed by atoms with Crippen LogP contribution in [0.2, 0.25) is 10.0 Å². The first-order chi connectivity index (χ1) is 11.5. The molecule has 0 aliphatic heterocycles. The number of hydrogen-bond donors (Lipinski definition) is 2. The first-order valence-corrected chi connectivity index (χ1v) is 8.88. The SMILES string of the molecule is CSc1nc(NCc2ccc(Cl)cc2Cl)c(C(N)=O)c2nccn12. The molecule has 0 saturated heterocycles. The number of carbonyl (C=O) groups excluding carboxylic acids is 1.